The highest BCUT2D eigenvalue weighted by atomic mass is 32.1. The lowest BCUT2D eigenvalue weighted by molar-refractivity contribution is -0.145. The number of aryl methyl sites for hydroxylation is 1. The maximum atomic E-state index is 12.8. The summed E-state index contributed by atoms with van der Waals surface area (Å²) in [6.07, 6.45) is -0.127. The molecule has 3 rings (SSSR count). The van der Waals surface area contributed by atoms with Crippen molar-refractivity contribution in [3.05, 3.63) is 40.3 Å². The molecule has 1 aromatic carbocycles. The summed E-state index contributed by atoms with van der Waals surface area (Å²) in [5, 5.41) is 2.99. The largest absolute Gasteiger partial charge is 0.478 e. The van der Waals surface area contributed by atoms with Crippen LogP contribution >= 0.6 is 11.3 Å². The van der Waals surface area contributed by atoms with Crippen molar-refractivity contribution < 1.29 is 19.1 Å². The summed E-state index contributed by atoms with van der Waals surface area (Å²) in [6.45, 7) is 2.40. The number of carbonyl (C=O) groups is 2. The number of aromatic nitrogens is 1. The summed E-state index contributed by atoms with van der Waals surface area (Å²) in [7, 11) is 1.29. The van der Waals surface area contributed by atoms with Gasteiger partial charge in [-0.15, -0.1) is 11.3 Å². The molecule has 6 nitrogen and oxygen atoms in total. The van der Waals surface area contributed by atoms with Crippen molar-refractivity contribution in [2.75, 3.05) is 12.0 Å². The molecule has 0 radical (unpaired) electrons. The van der Waals surface area contributed by atoms with E-state index < -0.39 is 12.1 Å². The molecule has 126 valence electrons. The van der Waals surface area contributed by atoms with Gasteiger partial charge in [0.25, 0.3) is 5.91 Å². The molecule has 7 heteroatoms. The van der Waals surface area contributed by atoms with Crippen LogP contribution in [-0.4, -0.2) is 30.1 Å². The second kappa shape index (κ2) is 7.00. The quantitative estimate of drug-likeness (QED) is 0.778. The van der Waals surface area contributed by atoms with Crippen LogP contribution in [0.25, 0.3) is 0 Å². The van der Waals surface area contributed by atoms with E-state index in [9.17, 15) is 9.59 Å². The topological polar surface area (TPSA) is 68.7 Å². The van der Waals surface area contributed by atoms with Gasteiger partial charge in [-0.3, -0.25) is 14.5 Å². The second-order valence-electron chi connectivity index (χ2n) is 5.36. The zero-order chi connectivity index (χ0) is 17.1. The monoisotopic (exact) mass is 346 g/mol. The van der Waals surface area contributed by atoms with Gasteiger partial charge in [0.1, 0.15) is 5.75 Å². The Kier molecular flexibility index (Phi) is 4.80. The van der Waals surface area contributed by atoms with Crippen LogP contribution in [0.3, 0.4) is 0 Å². The molecule has 1 aromatic heterocycles. The molecule has 0 fully saturated rings. The van der Waals surface area contributed by atoms with Gasteiger partial charge in [-0.05, 0) is 18.6 Å². The molecular weight excluding hydrogens is 328 g/mol. The van der Waals surface area contributed by atoms with E-state index in [0.29, 0.717) is 18.0 Å². The summed E-state index contributed by atoms with van der Waals surface area (Å²) >= 11 is 1.58. The number of amides is 1. The Hall–Kier alpha value is -2.41. The minimum absolute atomic E-state index is 0.114. The van der Waals surface area contributed by atoms with Crippen LogP contribution in [0.1, 0.15) is 24.0 Å². The number of thiazole rings is 1. The average Bonchev–Trinajstić information content (AvgIpc) is 3.06. The van der Waals surface area contributed by atoms with Crippen LogP contribution in [0.4, 0.5) is 5.69 Å². The van der Waals surface area contributed by atoms with Crippen LogP contribution in [0.15, 0.2) is 29.6 Å². The van der Waals surface area contributed by atoms with Gasteiger partial charge in [0.2, 0.25) is 0 Å². The van der Waals surface area contributed by atoms with Gasteiger partial charge in [0, 0.05) is 5.38 Å². The van der Waals surface area contributed by atoms with E-state index in [1.54, 1.807) is 22.3 Å². The van der Waals surface area contributed by atoms with E-state index in [-0.39, 0.29) is 12.3 Å². The lowest BCUT2D eigenvalue weighted by Gasteiger charge is -2.33. The average molecular weight is 346 g/mol. The van der Waals surface area contributed by atoms with Gasteiger partial charge in [-0.1, -0.05) is 19.1 Å². The number of nitrogens with zero attached hydrogens (tertiary/aromatic N) is 2. The highest BCUT2D eigenvalue weighted by Crippen LogP contribution is 2.35. The second-order valence-corrected chi connectivity index (χ2v) is 6.31. The number of carbonyl (C=O) groups excluding carboxylic acids is 2. The number of para-hydroxylation sites is 2. The summed E-state index contributed by atoms with van der Waals surface area (Å²) in [5.41, 5.74) is 1.52. The molecule has 0 saturated carbocycles. The zero-order valence-corrected chi connectivity index (χ0v) is 14.3. The third kappa shape index (κ3) is 3.26. The van der Waals surface area contributed by atoms with Gasteiger partial charge in [0.05, 0.1) is 36.5 Å². The van der Waals surface area contributed by atoms with Crippen molar-refractivity contribution in [3.8, 4) is 5.75 Å². The number of rotatable bonds is 5. The fraction of sp³-hybridized carbons (Fsp3) is 0.353. The zero-order valence-electron chi connectivity index (χ0n) is 13.5. The molecule has 2 aromatic rings. The maximum absolute atomic E-state index is 12.8. The highest BCUT2D eigenvalue weighted by Gasteiger charge is 2.36. The van der Waals surface area contributed by atoms with Gasteiger partial charge in [-0.25, -0.2) is 4.98 Å². The number of hydrogen-bond donors (Lipinski definition) is 0. The Balaban J connectivity index is 1.89. The molecule has 0 aliphatic carbocycles. The Morgan fingerprint density at radius 3 is 2.92 bits per heavy atom. The number of methoxy groups -OCH3 is 1. The Bertz CT molecular complexity index is 759. The standard InChI is InChI=1S/C17H18N2O4S/c1-3-15-18-11(10-24-15)9-19-12-6-4-5-7-13(12)23-14(17(19)21)8-16(20)22-2/h4-7,10,14H,3,8-9H2,1-2H3/t14-/m0/s1. The van der Waals surface area contributed by atoms with Crippen LogP contribution < -0.4 is 9.64 Å². The minimum Gasteiger partial charge on any atom is -0.478 e. The Morgan fingerprint density at radius 2 is 2.21 bits per heavy atom. The number of hydrogen-bond acceptors (Lipinski definition) is 6. The third-order valence-corrected chi connectivity index (χ3v) is 4.81. The molecule has 1 amide bonds. The Morgan fingerprint density at radius 1 is 1.42 bits per heavy atom. The molecule has 1 atom stereocenters. The number of esters is 1. The summed E-state index contributed by atoms with van der Waals surface area (Å²) in [5.74, 6) is -0.156. The Labute approximate surface area is 144 Å². The summed E-state index contributed by atoms with van der Waals surface area (Å²) in [6, 6.07) is 7.30. The molecule has 1 aliphatic heterocycles. The number of benzene rings is 1. The van der Waals surface area contributed by atoms with Crippen molar-refractivity contribution in [2.24, 2.45) is 0 Å². The smallest absolute Gasteiger partial charge is 0.309 e. The van der Waals surface area contributed by atoms with Crippen molar-refractivity contribution in [1.82, 2.24) is 4.98 Å². The van der Waals surface area contributed by atoms with Crippen LogP contribution in [-0.2, 0) is 27.3 Å². The fourth-order valence-corrected chi connectivity index (χ4v) is 3.28. The first-order valence-corrected chi connectivity index (χ1v) is 8.57. The maximum Gasteiger partial charge on any atom is 0.309 e. The fourth-order valence-electron chi connectivity index (χ4n) is 2.55. The van der Waals surface area contributed by atoms with E-state index in [1.165, 1.54) is 7.11 Å². The minimum atomic E-state index is -0.878. The normalized spacial score (nSPS) is 16.5. The molecule has 0 bridgehead atoms. The number of ether oxygens (including phenoxy) is 2. The molecule has 0 N–H and O–H groups in total. The number of anilines is 1. The third-order valence-electron chi connectivity index (χ3n) is 3.77. The van der Waals surface area contributed by atoms with Gasteiger partial charge in [0.15, 0.2) is 6.10 Å². The van der Waals surface area contributed by atoms with E-state index in [2.05, 4.69) is 9.72 Å². The highest BCUT2D eigenvalue weighted by molar-refractivity contribution is 7.09. The predicted molar refractivity (Wildman–Crippen MR) is 90.2 cm³/mol. The first-order chi connectivity index (χ1) is 11.6. The van der Waals surface area contributed by atoms with Gasteiger partial charge in [-0.2, -0.15) is 0 Å². The van der Waals surface area contributed by atoms with E-state index >= 15 is 0 Å². The van der Waals surface area contributed by atoms with Crippen molar-refractivity contribution >= 4 is 28.9 Å². The van der Waals surface area contributed by atoms with Gasteiger partial charge < -0.3 is 9.47 Å². The summed E-state index contributed by atoms with van der Waals surface area (Å²) in [4.78, 5) is 30.5. The first kappa shape index (κ1) is 16.4. The lowest BCUT2D eigenvalue weighted by Crippen LogP contribution is -2.46. The molecule has 0 unspecified atom stereocenters. The van der Waals surface area contributed by atoms with E-state index in [0.717, 1.165) is 17.1 Å². The predicted octanol–water partition coefficient (Wildman–Crippen LogP) is 2.56. The molecule has 0 spiro atoms. The number of fused-ring (bicyclic) bond motifs is 1. The van der Waals surface area contributed by atoms with Crippen LogP contribution in [0.5, 0.6) is 5.75 Å². The SMILES string of the molecule is CCc1nc(CN2C(=O)[C@H](CC(=O)OC)Oc3ccccc32)cs1. The summed E-state index contributed by atoms with van der Waals surface area (Å²) < 4.78 is 10.4. The van der Waals surface area contributed by atoms with Crippen LogP contribution in [0, 0.1) is 0 Å². The first-order valence-electron chi connectivity index (χ1n) is 7.69. The van der Waals surface area contributed by atoms with Gasteiger partial charge >= 0.3 is 5.97 Å². The van der Waals surface area contributed by atoms with Crippen molar-refractivity contribution in [2.45, 2.75) is 32.4 Å². The van der Waals surface area contributed by atoms with E-state index in [4.69, 9.17) is 4.74 Å². The molecule has 0 saturated heterocycles. The molecule has 1 aliphatic rings. The van der Waals surface area contributed by atoms with Crippen molar-refractivity contribution in [1.29, 1.82) is 0 Å². The molecular formula is C17H18N2O4S. The van der Waals surface area contributed by atoms with Crippen LogP contribution in [0.2, 0.25) is 0 Å². The van der Waals surface area contributed by atoms with Crippen molar-refractivity contribution in [3.63, 3.8) is 0 Å². The van der Waals surface area contributed by atoms with E-state index in [1.807, 2.05) is 30.5 Å². The molecule has 2 heterocycles. The molecule has 24 heavy (non-hydrogen) atoms. The lowest BCUT2D eigenvalue weighted by atomic mass is 10.1.